The minimum atomic E-state index is -0.955. The second-order valence-corrected chi connectivity index (χ2v) is 6.06. The van der Waals surface area contributed by atoms with E-state index in [2.05, 4.69) is 20.6 Å². The quantitative estimate of drug-likeness (QED) is 0.595. The summed E-state index contributed by atoms with van der Waals surface area (Å²) in [4.78, 5) is 8.53. The second-order valence-electron chi connectivity index (χ2n) is 5.22. The molecule has 1 heterocycles. The molecule has 0 radical (unpaired) electrons. The Morgan fingerprint density at radius 1 is 0.880 bits per heavy atom. The van der Waals surface area contributed by atoms with Crippen LogP contribution < -0.4 is 10.6 Å². The molecule has 128 valence electrons. The van der Waals surface area contributed by atoms with Gasteiger partial charge in [0.15, 0.2) is 11.6 Å². The standard InChI is InChI=1S/C17H12Cl2F2N4/c1-9-6-16(24-15-5-2-10(18)7-12(15)19)25-17(22-9)23-11-3-4-13(20)14(21)8-11/h2-8H,1H3,(H2,22,23,24,25). The summed E-state index contributed by atoms with van der Waals surface area (Å²) in [5.74, 6) is -1.15. The molecular formula is C17H12Cl2F2N4. The fourth-order valence-corrected chi connectivity index (χ4v) is 2.58. The van der Waals surface area contributed by atoms with E-state index in [1.807, 2.05) is 0 Å². The van der Waals surface area contributed by atoms with Crippen molar-refractivity contribution in [3.8, 4) is 0 Å². The second kappa shape index (κ2) is 7.21. The van der Waals surface area contributed by atoms with E-state index in [9.17, 15) is 8.78 Å². The van der Waals surface area contributed by atoms with Crippen LogP contribution in [0.25, 0.3) is 0 Å². The average Bonchev–Trinajstić information content (AvgIpc) is 2.53. The molecule has 0 amide bonds. The monoisotopic (exact) mass is 380 g/mol. The molecule has 3 aromatic rings. The Morgan fingerprint density at radius 2 is 1.68 bits per heavy atom. The maximum atomic E-state index is 13.3. The van der Waals surface area contributed by atoms with Gasteiger partial charge in [-0.05, 0) is 37.3 Å². The Morgan fingerprint density at radius 3 is 2.40 bits per heavy atom. The molecule has 4 nitrogen and oxygen atoms in total. The van der Waals surface area contributed by atoms with E-state index in [0.717, 1.165) is 12.1 Å². The third-order valence-electron chi connectivity index (χ3n) is 3.22. The molecule has 3 rings (SSSR count). The molecule has 0 unspecified atom stereocenters. The van der Waals surface area contributed by atoms with Gasteiger partial charge in [-0.2, -0.15) is 4.98 Å². The highest BCUT2D eigenvalue weighted by Gasteiger charge is 2.08. The predicted octanol–water partition coefficient (Wildman–Crippen LogP) is 5.86. The van der Waals surface area contributed by atoms with Gasteiger partial charge in [-0.3, -0.25) is 0 Å². The van der Waals surface area contributed by atoms with Crippen molar-refractivity contribution in [2.45, 2.75) is 6.92 Å². The van der Waals surface area contributed by atoms with Crippen LogP contribution in [-0.2, 0) is 0 Å². The van der Waals surface area contributed by atoms with Crippen molar-refractivity contribution >= 4 is 46.3 Å². The van der Waals surface area contributed by atoms with Gasteiger partial charge < -0.3 is 10.6 Å². The lowest BCUT2D eigenvalue weighted by molar-refractivity contribution is 0.509. The lowest BCUT2D eigenvalue weighted by atomic mass is 10.3. The molecule has 2 N–H and O–H groups in total. The Labute approximate surface area is 152 Å². The van der Waals surface area contributed by atoms with E-state index in [1.165, 1.54) is 6.07 Å². The van der Waals surface area contributed by atoms with Gasteiger partial charge in [0, 0.05) is 28.5 Å². The molecular weight excluding hydrogens is 369 g/mol. The van der Waals surface area contributed by atoms with E-state index in [1.54, 1.807) is 31.2 Å². The molecule has 1 aromatic heterocycles. The summed E-state index contributed by atoms with van der Waals surface area (Å²) in [6, 6.07) is 10.2. The lowest BCUT2D eigenvalue weighted by Gasteiger charge is -2.11. The fourth-order valence-electron chi connectivity index (χ4n) is 2.12. The van der Waals surface area contributed by atoms with E-state index in [0.29, 0.717) is 32.9 Å². The van der Waals surface area contributed by atoms with Crippen LogP contribution in [0.15, 0.2) is 42.5 Å². The van der Waals surface area contributed by atoms with Gasteiger partial charge in [0.1, 0.15) is 5.82 Å². The van der Waals surface area contributed by atoms with Gasteiger partial charge >= 0.3 is 0 Å². The van der Waals surface area contributed by atoms with Gasteiger partial charge in [0.2, 0.25) is 5.95 Å². The molecule has 0 fully saturated rings. The maximum Gasteiger partial charge on any atom is 0.229 e. The van der Waals surface area contributed by atoms with E-state index < -0.39 is 11.6 Å². The van der Waals surface area contributed by atoms with Gasteiger partial charge in [-0.15, -0.1) is 0 Å². The fraction of sp³-hybridized carbons (Fsp3) is 0.0588. The zero-order chi connectivity index (χ0) is 18.0. The molecule has 8 heteroatoms. The minimum absolute atomic E-state index is 0.235. The number of nitrogens with zero attached hydrogens (tertiary/aromatic N) is 2. The third kappa shape index (κ3) is 4.35. The van der Waals surface area contributed by atoms with Gasteiger partial charge in [0.25, 0.3) is 0 Å². The third-order valence-corrected chi connectivity index (χ3v) is 3.77. The van der Waals surface area contributed by atoms with Crippen molar-refractivity contribution < 1.29 is 8.78 Å². The molecule has 0 saturated heterocycles. The van der Waals surface area contributed by atoms with Crippen molar-refractivity contribution in [1.29, 1.82) is 0 Å². The average molecular weight is 381 g/mol. The Kier molecular flexibility index (Phi) is 5.01. The largest absolute Gasteiger partial charge is 0.339 e. The summed E-state index contributed by atoms with van der Waals surface area (Å²) < 4.78 is 26.3. The first-order valence-corrected chi connectivity index (χ1v) is 7.96. The molecule has 0 aliphatic carbocycles. The van der Waals surface area contributed by atoms with Crippen LogP contribution in [0.5, 0.6) is 0 Å². The number of nitrogens with one attached hydrogen (secondary N) is 2. The maximum absolute atomic E-state index is 13.3. The SMILES string of the molecule is Cc1cc(Nc2ccc(Cl)cc2Cl)nc(Nc2ccc(F)c(F)c2)n1. The highest BCUT2D eigenvalue weighted by atomic mass is 35.5. The smallest absolute Gasteiger partial charge is 0.229 e. The number of hydrogen-bond donors (Lipinski definition) is 2. The van der Waals surface area contributed by atoms with Crippen LogP contribution in [0.1, 0.15) is 5.69 Å². The summed E-state index contributed by atoms with van der Waals surface area (Å²) in [5.41, 5.74) is 1.63. The van der Waals surface area contributed by atoms with Crippen LogP contribution >= 0.6 is 23.2 Å². The number of aryl methyl sites for hydroxylation is 1. The first kappa shape index (κ1) is 17.4. The van der Waals surface area contributed by atoms with Crippen molar-refractivity contribution in [1.82, 2.24) is 9.97 Å². The van der Waals surface area contributed by atoms with Crippen molar-refractivity contribution in [3.05, 3.63) is 69.8 Å². The summed E-state index contributed by atoms with van der Waals surface area (Å²) >= 11 is 12.0. The molecule has 2 aromatic carbocycles. The molecule has 0 bridgehead atoms. The number of halogens is 4. The van der Waals surface area contributed by atoms with E-state index in [4.69, 9.17) is 23.2 Å². The van der Waals surface area contributed by atoms with Crippen LogP contribution in [0.4, 0.5) is 31.9 Å². The van der Waals surface area contributed by atoms with Crippen molar-refractivity contribution in [2.24, 2.45) is 0 Å². The number of aromatic nitrogens is 2. The summed E-state index contributed by atoms with van der Waals surface area (Å²) in [6.07, 6.45) is 0. The molecule has 0 aliphatic rings. The van der Waals surface area contributed by atoms with Gasteiger partial charge in [-0.25, -0.2) is 13.8 Å². The first-order valence-electron chi connectivity index (χ1n) is 7.20. The lowest BCUT2D eigenvalue weighted by Crippen LogP contribution is -2.03. The zero-order valence-electron chi connectivity index (χ0n) is 12.9. The predicted molar refractivity (Wildman–Crippen MR) is 96.2 cm³/mol. The number of rotatable bonds is 4. The Balaban J connectivity index is 1.86. The summed E-state index contributed by atoms with van der Waals surface area (Å²) in [5, 5.41) is 6.88. The van der Waals surface area contributed by atoms with Crippen LogP contribution in [0, 0.1) is 18.6 Å². The highest BCUT2D eigenvalue weighted by Crippen LogP contribution is 2.28. The van der Waals surface area contributed by atoms with E-state index in [-0.39, 0.29) is 5.95 Å². The molecule has 0 saturated carbocycles. The molecule has 0 atom stereocenters. The molecule has 25 heavy (non-hydrogen) atoms. The number of anilines is 4. The molecule has 0 spiro atoms. The Bertz CT molecular complexity index is 935. The minimum Gasteiger partial charge on any atom is -0.339 e. The van der Waals surface area contributed by atoms with Crippen molar-refractivity contribution in [3.63, 3.8) is 0 Å². The summed E-state index contributed by atoms with van der Waals surface area (Å²) in [7, 11) is 0. The highest BCUT2D eigenvalue weighted by molar-refractivity contribution is 6.36. The number of benzene rings is 2. The topological polar surface area (TPSA) is 49.8 Å². The summed E-state index contributed by atoms with van der Waals surface area (Å²) in [6.45, 7) is 1.78. The van der Waals surface area contributed by atoms with Crippen LogP contribution in [0.3, 0.4) is 0 Å². The Hall–Kier alpha value is -2.44. The first-order chi connectivity index (χ1) is 11.9. The normalized spacial score (nSPS) is 10.6. The van der Waals surface area contributed by atoms with Crippen LogP contribution in [0.2, 0.25) is 10.0 Å². The number of hydrogen-bond acceptors (Lipinski definition) is 4. The zero-order valence-corrected chi connectivity index (χ0v) is 14.5. The molecule has 0 aliphatic heterocycles. The van der Waals surface area contributed by atoms with E-state index >= 15 is 0 Å². The van der Waals surface area contributed by atoms with Crippen LogP contribution in [-0.4, -0.2) is 9.97 Å². The van der Waals surface area contributed by atoms with Gasteiger partial charge in [0.05, 0.1) is 10.7 Å². The van der Waals surface area contributed by atoms with Crippen molar-refractivity contribution in [2.75, 3.05) is 10.6 Å². The van der Waals surface area contributed by atoms with Gasteiger partial charge in [-0.1, -0.05) is 23.2 Å².